The minimum Gasteiger partial charge on any atom is -0.327 e. The molecule has 0 aliphatic rings. The van der Waals surface area contributed by atoms with E-state index in [1.807, 2.05) is 11.8 Å². The van der Waals surface area contributed by atoms with Gasteiger partial charge in [-0.05, 0) is 52.9 Å². The second-order valence-corrected chi connectivity index (χ2v) is 7.23. The number of thioether (sulfide) groups is 1. The summed E-state index contributed by atoms with van der Waals surface area (Å²) >= 11 is 7.15. The van der Waals surface area contributed by atoms with Gasteiger partial charge >= 0.3 is 0 Å². The van der Waals surface area contributed by atoms with E-state index >= 15 is 0 Å². The van der Waals surface area contributed by atoms with Crippen LogP contribution in [0.25, 0.3) is 0 Å². The first kappa shape index (κ1) is 14.1. The van der Waals surface area contributed by atoms with Crippen LogP contribution < -0.4 is 5.73 Å². The van der Waals surface area contributed by atoms with Gasteiger partial charge in [0.05, 0.1) is 0 Å². The largest absolute Gasteiger partial charge is 0.327 e. The van der Waals surface area contributed by atoms with Gasteiger partial charge in [0, 0.05) is 26.0 Å². The summed E-state index contributed by atoms with van der Waals surface area (Å²) in [5, 5.41) is 2.10. The predicted octanol–water partition coefficient (Wildman–Crippen LogP) is 4.48. The number of hydrogen-bond donors (Lipinski definition) is 1. The van der Waals surface area contributed by atoms with Crippen molar-refractivity contribution in [3.8, 4) is 0 Å². The molecule has 1 nitrogen and oxygen atoms in total. The van der Waals surface area contributed by atoms with Crippen LogP contribution in [-0.4, -0.2) is 11.8 Å². The fourth-order valence-electron chi connectivity index (χ4n) is 1.68. The standard InChI is InChI=1S/C14H16BrNS2/c1-10-3-2-4-12(7-10)18-9-11(16)8-14-13(15)5-6-17-14/h2-7,11H,8-9,16H2,1H3. The Balaban J connectivity index is 1.85. The molecule has 1 heterocycles. The summed E-state index contributed by atoms with van der Waals surface area (Å²) in [5.41, 5.74) is 7.49. The van der Waals surface area contributed by atoms with Crippen LogP contribution in [0.5, 0.6) is 0 Å². The molecule has 1 unspecified atom stereocenters. The van der Waals surface area contributed by atoms with Crippen molar-refractivity contribution in [1.29, 1.82) is 0 Å². The molecule has 0 spiro atoms. The lowest BCUT2D eigenvalue weighted by Crippen LogP contribution is -2.25. The Bertz CT molecular complexity index is 510. The van der Waals surface area contributed by atoms with Crippen LogP contribution in [-0.2, 0) is 6.42 Å². The Hall–Kier alpha value is -0.290. The van der Waals surface area contributed by atoms with E-state index in [-0.39, 0.29) is 6.04 Å². The molecule has 0 fully saturated rings. The smallest absolute Gasteiger partial charge is 0.0314 e. The third-order valence-electron chi connectivity index (χ3n) is 2.59. The molecular formula is C14H16BrNS2. The number of benzene rings is 1. The molecule has 18 heavy (non-hydrogen) atoms. The highest BCUT2D eigenvalue weighted by atomic mass is 79.9. The van der Waals surface area contributed by atoms with Crippen molar-refractivity contribution in [1.82, 2.24) is 0 Å². The van der Waals surface area contributed by atoms with E-state index in [1.165, 1.54) is 19.8 Å². The first-order chi connectivity index (χ1) is 8.65. The fraction of sp³-hybridized carbons (Fsp3) is 0.286. The van der Waals surface area contributed by atoms with Crippen molar-refractivity contribution in [2.45, 2.75) is 24.3 Å². The van der Waals surface area contributed by atoms with Gasteiger partial charge in [0.2, 0.25) is 0 Å². The minimum absolute atomic E-state index is 0.200. The molecule has 0 aliphatic heterocycles. The number of rotatable bonds is 5. The summed E-state index contributed by atoms with van der Waals surface area (Å²) in [4.78, 5) is 2.64. The maximum Gasteiger partial charge on any atom is 0.0314 e. The third kappa shape index (κ3) is 4.12. The number of thiophene rings is 1. The monoisotopic (exact) mass is 341 g/mol. The molecular weight excluding hydrogens is 326 g/mol. The van der Waals surface area contributed by atoms with Crippen molar-refractivity contribution < 1.29 is 0 Å². The number of nitrogens with two attached hydrogens (primary N) is 1. The lowest BCUT2D eigenvalue weighted by molar-refractivity contribution is 0.755. The zero-order chi connectivity index (χ0) is 13.0. The molecule has 1 aromatic carbocycles. The van der Waals surface area contributed by atoms with Crippen LogP contribution in [0, 0.1) is 6.92 Å². The zero-order valence-corrected chi connectivity index (χ0v) is 13.4. The van der Waals surface area contributed by atoms with E-state index < -0.39 is 0 Å². The van der Waals surface area contributed by atoms with Gasteiger partial charge in [-0.3, -0.25) is 0 Å². The first-order valence-corrected chi connectivity index (χ1v) is 8.48. The first-order valence-electron chi connectivity index (χ1n) is 5.82. The second kappa shape index (κ2) is 6.75. The molecule has 0 amide bonds. The molecule has 96 valence electrons. The molecule has 0 saturated carbocycles. The van der Waals surface area contributed by atoms with E-state index in [0.717, 1.165) is 12.2 Å². The molecule has 0 bridgehead atoms. The van der Waals surface area contributed by atoms with Crippen LogP contribution in [0.4, 0.5) is 0 Å². The third-order valence-corrected chi connectivity index (χ3v) is 5.72. The van der Waals surface area contributed by atoms with Crippen molar-refractivity contribution in [3.05, 3.63) is 50.6 Å². The molecule has 0 saturated heterocycles. The molecule has 1 aromatic heterocycles. The Morgan fingerprint density at radius 2 is 2.22 bits per heavy atom. The normalized spacial score (nSPS) is 12.6. The van der Waals surface area contributed by atoms with Gasteiger partial charge in [0.25, 0.3) is 0 Å². The molecule has 4 heteroatoms. The van der Waals surface area contributed by atoms with Crippen molar-refractivity contribution in [2.75, 3.05) is 5.75 Å². The summed E-state index contributed by atoms with van der Waals surface area (Å²) in [6, 6.07) is 10.8. The summed E-state index contributed by atoms with van der Waals surface area (Å²) in [6.45, 7) is 2.12. The predicted molar refractivity (Wildman–Crippen MR) is 85.6 cm³/mol. The Morgan fingerprint density at radius 3 is 2.89 bits per heavy atom. The highest BCUT2D eigenvalue weighted by Gasteiger charge is 2.09. The summed E-state index contributed by atoms with van der Waals surface area (Å²) in [7, 11) is 0. The summed E-state index contributed by atoms with van der Waals surface area (Å²) in [6.07, 6.45) is 0.942. The molecule has 1 atom stereocenters. The molecule has 0 radical (unpaired) electrons. The Labute approximate surface area is 125 Å². The Morgan fingerprint density at radius 1 is 1.39 bits per heavy atom. The Kier molecular flexibility index (Phi) is 5.30. The maximum atomic E-state index is 6.18. The van der Waals surface area contributed by atoms with E-state index in [9.17, 15) is 0 Å². The SMILES string of the molecule is Cc1cccc(SCC(N)Cc2sccc2Br)c1. The van der Waals surface area contributed by atoms with Crippen molar-refractivity contribution >= 4 is 39.0 Å². The van der Waals surface area contributed by atoms with Gasteiger partial charge < -0.3 is 5.73 Å². The minimum atomic E-state index is 0.200. The lowest BCUT2D eigenvalue weighted by Gasteiger charge is -2.10. The summed E-state index contributed by atoms with van der Waals surface area (Å²) in [5.74, 6) is 0.952. The average molecular weight is 342 g/mol. The van der Waals surface area contributed by atoms with Gasteiger partial charge in [-0.2, -0.15) is 0 Å². The van der Waals surface area contributed by atoms with Crippen LogP contribution in [0.1, 0.15) is 10.4 Å². The topological polar surface area (TPSA) is 26.0 Å². The quantitative estimate of drug-likeness (QED) is 0.811. The van der Waals surface area contributed by atoms with Gasteiger partial charge in [-0.25, -0.2) is 0 Å². The molecule has 2 N–H and O–H groups in total. The molecule has 2 aromatic rings. The van der Waals surface area contributed by atoms with Crippen LogP contribution in [0.3, 0.4) is 0 Å². The van der Waals surface area contributed by atoms with Gasteiger partial charge in [0.15, 0.2) is 0 Å². The van der Waals surface area contributed by atoms with E-state index in [4.69, 9.17) is 5.73 Å². The van der Waals surface area contributed by atoms with Crippen LogP contribution >= 0.6 is 39.0 Å². The highest BCUT2D eigenvalue weighted by Crippen LogP contribution is 2.25. The molecule has 2 rings (SSSR count). The summed E-state index contributed by atoms with van der Waals surface area (Å²) < 4.78 is 1.18. The average Bonchev–Trinajstić information content (AvgIpc) is 2.73. The number of hydrogen-bond acceptors (Lipinski definition) is 3. The van der Waals surface area contributed by atoms with E-state index in [0.29, 0.717) is 0 Å². The lowest BCUT2D eigenvalue weighted by atomic mass is 10.2. The maximum absolute atomic E-state index is 6.18. The van der Waals surface area contributed by atoms with E-state index in [2.05, 4.69) is 58.6 Å². The van der Waals surface area contributed by atoms with Gasteiger partial charge in [0.1, 0.15) is 0 Å². The zero-order valence-electron chi connectivity index (χ0n) is 10.2. The highest BCUT2D eigenvalue weighted by molar-refractivity contribution is 9.10. The molecule has 0 aliphatic carbocycles. The van der Waals surface area contributed by atoms with Crippen molar-refractivity contribution in [2.24, 2.45) is 5.73 Å². The van der Waals surface area contributed by atoms with Crippen molar-refractivity contribution in [3.63, 3.8) is 0 Å². The van der Waals surface area contributed by atoms with Crippen LogP contribution in [0.2, 0.25) is 0 Å². The van der Waals surface area contributed by atoms with Gasteiger partial charge in [-0.15, -0.1) is 23.1 Å². The fourth-order valence-corrected chi connectivity index (χ4v) is 4.25. The van der Waals surface area contributed by atoms with Crippen LogP contribution in [0.15, 0.2) is 45.1 Å². The van der Waals surface area contributed by atoms with E-state index in [1.54, 1.807) is 11.3 Å². The number of aryl methyl sites for hydroxylation is 1. The second-order valence-electron chi connectivity index (χ2n) is 4.28. The number of halogens is 1. The van der Waals surface area contributed by atoms with Gasteiger partial charge in [-0.1, -0.05) is 17.7 Å².